The molecule has 0 aromatic rings. The predicted octanol–water partition coefficient (Wildman–Crippen LogP) is 1.68. The summed E-state index contributed by atoms with van der Waals surface area (Å²) in [6, 6.07) is 0. The molecule has 2 unspecified atom stereocenters. The minimum Gasteiger partial charge on any atom is -0.328 e. The summed E-state index contributed by atoms with van der Waals surface area (Å²) < 4.78 is 0. The van der Waals surface area contributed by atoms with Crippen molar-refractivity contribution >= 4 is 11.8 Å². The molecule has 1 heterocycles. The van der Waals surface area contributed by atoms with E-state index in [1.807, 2.05) is 0 Å². The molecule has 0 radical (unpaired) electrons. The van der Waals surface area contributed by atoms with Gasteiger partial charge in [0, 0.05) is 6.54 Å². The number of carbonyl (C=O) groups is 2. The third-order valence-electron chi connectivity index (χ3n) is 5.51. The number of fused-ring (bicyclic) bond motifs is 1. The average molecular weight is 264 g/mol. The molecule has 2 amide bonds. The zero-order chi connectivity index (χ0) is 13.6. The molecule has 0 bridgehead atoms. The number of nitrogens with two attached hydrogens (primary N) is 1. The van der Waals surface area contributed by atoms with Crippen LogP contribution in [0.3, 0.4) is 0 Å². The van der Waals surface area contributed by atoms with Crippen molar-refractivity contribution in [2.45, 2.75) is 57.4 Å². The zero-order valence-corrected chi connectivity index (χ0v) is 11.7. The van der Waals surface area contributed by atoms with Gasteiger partial charge in [-0.1, -0.05) is 26.2 Å². The first-order valence-electron chi connectivity index (χ1n) is 7.67. The Kier molecular flexibility index (Phi) is 3.16. The van der Waals surface area contributed by atoms with Gasteiger partial charge in [-0.25, -0.2) is 0 Å². The Morgan fingerprint density at radius 3 is 2.11 bits per heavy atom. The molecule has 2 saturated carbocycles. The first-order valence-corrected chi connectivity index (χ1v) is 7.67. The lowest BCUT2D eigenvalue weighted by atomic mass is 9.80. The molecule has 3 fully saturated rings. The first-order chi connectivity index (χ1) is 9.09. The van der Waals surface area contributed by atoms with Crippen molar-refractivity contribution < 1.29 is 9.59 Å². The van der Waals surface area contributed by atoms with E-state index in [2.05, 4.69) is 6.92 Å². The van der Waals surface area contributed by atoms with Gasteiger partial charge in [0.25, 0.3) is 0 Å². The number of imide groups is 1. The molecular formula is C15H24N2O2. The van der Waals surface area contributed by atoms with Crippen LogP contribution in [-0.4, -0.2) is 28.8 Å². The molecular weight excluding hydrogens is 240 g/mol. The van der Waals surface area contributed by atoms with Gasteiger partial charge in [-0.15, -0.1) is 0 Å². The molecule has 1 saturated heterocycles. The van der Waals surface area contributed by atoms with Crippen LogP contribution < -0.4 is 5.73 Å². The molecule has 2 atom stereocenters. The van der Waals surface area contributed by atoms with E-state index < -0.39 is 0 Å². The fourth-order valence-corrected chi connectivity index (χ4v) is 4.47. The number of hydrogen-bond donors (Lipinski definition) is 1. The quantitative estimate of drug-likeness (QED) is 0.772. The average Bonchev–Trinajstić information content (AvgIpc) is 2.90. The van der Waals surface area contributed by atoms with E-state index in [4.69, 9.17) is 5.73 Å². The van der Waals surface area contributed by atoms with Crippen molar-refractivity contribution in [2.75, 3.05) is 6.54 Å². The molecule has 2 N–H and O–H groups in total. The van der Waals surface area contributed by atoms with Gasteiger partial charge in [0.2, 0.25) is 11.8 Å². The second-order valence-electron chi connectivity index (χ2n) is 6.79. The Labute approximate surface area is 114 Å². The third kappa shape index (κ3) is 1.83. The summed E-state index contributed by atoms with van der Waals surface area (Å²) >= 11 is 0. The van der Waals surface area contributed by atoms with Gasteiger partial charge in [0.1, 0.15) is 0 Å². The molecule has 3 rings (SSSR count). The summed E-state index contributed by atoms with van der Waals surface area (Å²) in [6.07, 6.45) is 6.92. The van der Waals surface area contributed by atoms with E-state index in [0.29, 0.717) is 12.5 Å². The Hall–Kier alpha value is -0.900. The molecule has 19 heavy (non-hydrogen) atoms. The van der Waals surface area contributed by atoms with Gasteiger partial charge < -0.3 is 5.73 Å². The smallest absolute Gasteiger partial charge is 0.233 e. The normalized spacial score (nSPS) is 37.8. The standard InChI is InChI=1S/C15H24N2O2/c1-10-7-11-12(8-10)14(19)17(13(11)18)15(9-16)5-3-2-4-6-15/h10-12H,2-9,16H2,1H3. The third-order valence-corrected chi connectivity index (χ3v) is 5.51. The molecule has 0 spiro atoms. The number of likely N-dealkylation sites (tertiary alicyclic amines) is 1. The van der Waals surface area contributed by atoms with Crippen LogP contribution in [0.15, 0.2) is 0 Å². The van der Waals surface area contributed by atoms with Gasteiger partial charge in [0.15, 0.2) is 0 Å². The Balaban J connectivity index is 1.89. The van der Waals surface area contributed by atoms with Crippen LogP contribution in [0.25, 0.3) is 0 Å². The fraction of sp³-hybridized carbons (Fsp3) is 0.867. The van der Waals surface area contributed by atoms with Crippen LogP contribution in [0, 0.1) is 17.8 Å². The van der Waals surface area contributed by atoms with E-state index in [-0.39, 0.29) is 29.2 Å². The van der Waals surface area contributed by atoms with Gasteiger partial charge in [-0.2, -0.15) is 0 Å². The molecule has 4 heteroatoms. The Morgan fingerprint density at radius 2 is 1.63 bits per heavy atom. The Bertz CT molecular complexity index is 377. The van der Waals surface area contributed by atoms with Crippen molar-refractivity contribution in [3.63, 3.8) is 0 Å². The van der Waals surface area contributed by atoms with Crippen LogP contribution in [0.5, 0.6) is 0 Å². The van der Waals surface area contributed by atoms with Crippen LogP contribution in [0.4, 0.5) is 0 Å². The highest BCUT2D eigenvalue weighted by molar-refractivity contribution is 6.06. The van der Waals surface area contributed by atoms with E-state index in [1.54, 1.807) is 4.90 Å². The van der Waals surface area contributed by atoms with Gasteiger partial charge >= 0.3 is 0 Å². The van der Waals surface area contributed by atoms with Crippen LogP contribution >= 0.6 is 0 Å². The maximum atomic E-state index is 12.7. The van der Waals surface area contributed by atoms with Crippen molar-refractivity contribution in [1.29, 1.82) is 0 Å². The first kappa shape index (κ1) is 13.1. The topological polar surface area (TPSA) is 63.4 Å². The summed E-state index contributed by atoms with van der Waals surface area (Å²) in [5.74, 6) is 0.560. The highest BCUT2D eigenvalue weighted by Gasteiger charge is 2.57. The molecule has 1 aliphatic heterocycles. The summed E-state index contributed by atoms with van der Waals surface area (Å²) in [4.78, 5) is 26.9. The highest BCUT2D eigenvalue weighted by Crippen LogP contribution is 2.47. The lowest BCUT2D eigenvalue weighted by Crippen LogP contribution is -2.57. The monoisotopic (exact) mass is 264 g/mol. The number of carbonyl (C=O) groups excluding carboxylic acids is 2. The van der Waals surface area contributed by atoms with Crippen LogP contribution in [0.1, 0.15) is 51.9 Å². The molecule has 4 nitrogen and oxygen atoms in total. The second-order valence-corrected chi connectivity index (χ2v) is 6.79. The van der Waals surface area contributed by atoms with Gasteiger partial charge in [-0.05, 0) is 31.6 Å². The van der Waals surface area contributed by atoms with E-state index >= 15 is 0 Å². The lowest BCUT2D eigenvalue weighted by Gasteiger charge is -2.43. The van der Waals surface area contributed by atoms with Gasteiger partial charge in [-0.3, -0.25) is 14.5 Å². The van der Waals surface area contributed by atoms with E-state index in [9.17, 15) is 9.59 Å². The number of nitrogens with zero attached hydrogens (tertiary/aromatic N) is 1. The highest BCUT2D eigenvalue weighted by atomic mass is 16.2. The van der Waals surface area contributed by atoms with E-state index in [1.165, 1.54) is 6.42 Å². The minimum atomic E-state index is -0.361. The maximum absolute atomic E-state index is 12.7. The molecule has 3 aliphatic rings. The Morgan fingerprint density at radius 1 is 1.11 bits per heavy atom. The SMILES string of the molecule is CC1CC2C(=O)N(C3(CN)CCCCC3)C(=O)C2C1. The summed E-state index contributed by atoms with van der Waals surface area (Å²) in [7, 11) is 0. The summed E-state index contributed by atoms with van der Waals surface area (Å²) in [6.45, 7) is 2.57. The second kappa shape index (κ2) is 4.58. The van der Waals surface area contributed by atoms with E-state index in [0.717, 1.165) is 38.5 Å². The van der Waals surface area contributed by atoms with Crippen molar-refractivity contribution in [1.82, 2.24) is 4.90 Å². The summed E-state index contributed by atoms with van der Waals surface area (Å²) in [5.41, 5.74) is 5.61. The molecule has 2 aliphatic carbocycles. The molecule has 0 aromatic heterocycles. The number of hydrogen-bond acceptors (Lipinski definition) is 3. The van der Waals surface area contributed by atoms with Crippen molar-refractivity contribution in [3.8, 4) is 0 Å². The number of amides is 2. The van der Waals surface area contributed by atoms with Crippen LogP contribution in [0.2, 0.25) is 0 Å². The largest absolute Gasteiger partial charge is 0.328 e. The van der Waals surface area contributed by atoms with Gasteiger partial charge in [0.05, 0.1) is 17.4 Å². The molecule has 0 aromatic carbocycles. The van der Waals surface area contributed by atoms with Crippen molar-refractivity contribution in [2.24, 2.45) is 23.5 Å². The van der Waals surface area contributed by atoms with Crippen LogP contribution in [-0.2, 0) is 9.59 Å². The maximum Gasteiger partial charge on any atom is 0.233 e. The lowest BCUT2D eigenvalue weighted by molar-refractivity contribution is -0.149. The fourth-order valence-electron chi connectivity index (χ4n) is 4.47. The predicted molar refractivity (Wildman–Crippen MR) is 72.1 cm³/mol. The molecule has 106 valence electrons. The van der Waals surface area contributed by atoms with Crippen molar-refractivity contribution in [3.05, 3.63) is 0 Å². The minimum absolute atomic E-state index is 0.0483. The summed E-state index contributed by atoms with van der Waals surface area (Å²) in [5, 5.41) is 0. The number of rotatable bonds is 2. The zero-order valence-electron chi connectivity index (χ0n) is 11.7.